The zero-order valence-corrected chi connectivity index (χ0v) is 15.9. The Labute approximate surface area is 172 Å². The van der Waals surface area contributed by atoms with Crippen molar-refractivity contribution in [2.45, 2.75) is 6.54 Å². The quantitative estimate of drug-likeness (QED) is 0.389. The van der Waals surface area contributed by atoms with Crippen molar-refractivity contribution in [1.82, 2.24) is 5.32 Å². The summed E-state index contributed by atoms with van der Waals surface area (Å²) >= 11 is 0. The second-order valence-corrected chi connectivity index (χ2v) is 6.64. The Morgan fingerprint density at radius 1 is 0.833 bits per heavy atom. The zero-order chi connectivity index (χ0) is 20.9. The summed E-state index contributed by atoms with van der Waals surface area (Å²) in [5, 5.41) is 20.0. The van der Waals surface area contributed by atoms with E-state index in [1.54, 1.807) is 54.8 Å². The van der Waals surface area contributed by atoms with Crippen LogP contribution in [0.25, 0.3) is 10.8 Å². The molecule has 1 heterocycles. The van der Waals surface area contributed by atoms with Crippen LogP contribution in [0.2, 0.25) is 0 Å². The van der Waals surface area contributed by atoms with E-state index < -0.39 is 5.91 Å². The first-order chi connectivity index (χ1) is 14.6. The van der Waals surface area contributed by atoms with Crippen LogP contribution in [-0.4, -0.2) is 17.0 Å². The highest BCUT2D eigenvalue weighted by Crippen LogP contribution is 2.26. The van der Waals surface area contributed by atoms with Gasteiger partial charge >= 0.3 is 6.03 Å². The molecule has 0 unspecified atom stereocenters. The van der Waals surface area contributed by atoms with Crippen molar-refractivity contribution in [2.24, 2.45) is 0 Å². The van der Waals surface area contributed by atoms with Crippen molar-refractivity contribution in [1.29, 1.82) is 0 Å². The molecule has 4 aromatic rings. The number of hydrogen-bond donors (Lipinski definition) is 4. The summed E-state index contributed by atoms with van der Waals surface area (Å²) in [4.78, 5) is 24.5. The molecule has 1 aromatic heterocycles. The fraction of sp³-hybridized carbons (Fsp3) is 0.0435. The molecule has 0 aliphatic heterocycles. The molecule has 4 N–H and O–H groups in total. The lowest BCUT2D eigenvalue weighted by atomic mass is 10.1. The number of hydrogen-bond acceptors (Lipinski definition) is 4. The van der Waals surface area contributed by atoms with Crippen LogP contribution in [0.15, 0.2) is 83.5 Å². The molecule has 7 nitrogen and oxygen atoms in total. The summed E-state index contributed by atoms with van der Waals surface area (Å²) in [5.74, 6) is 0.146. The lowest BCUT2D eigenvalue weighted by Crippen LogP contribution is -2.27. The van der Waals surface area contributed by atoms with Crippen molar-refractivity contribution in [3.05, 3.63) is 90.4 Å². The fourth-order valence-electron chi connectivity index (χ4n) is 3.00. The number of benzene rings is 3. The normalized spacial score (nSPS) is 10.5. The van der Waals surface area contributed by atoms with Crippen LogP contribution in [-0.2, 0) is 6.54 Å². The minimum absolute atomic E-state index is 0.0854. The van der Waals surface area contributed by atoms with Gasteiger partial charge in [0.25, 0.3) is 5.91 Å². The second kappa shape index (κ2) is 8.40. The van der Waals surface area contributed by atoms with Gasteiger partial charge in [0, 0.05) is 11.4 Å². The van der Waals surface area contributed by atoms with E-state index >= 15 is 0 Å². The van der Waals surface area contributed by atoms with Crippen molar-refractivity contribution >= 4 is 34.1 Å². The third kappa shape index (κ3) is 4.41. The number of furan rings is 1. The molecule has 0 radical (unpaired) electrons. The summed E-state index contributed by atoms with van der Waals surface area (Å²) in [5.41, 5.74) is 1.29. The number of anilines is 2. The molecule has 0 bridgehead atoms. The molecule has 0 fully saturated rings. The van der Waals surface area contributed by atoms with Gasteiger partial charge in [-0.3, -0.25) is 4.79 Å². The number of rotatable bonds is 5. The topological polar surface area (TPSA) is 104 Å². The molecule has 0 saturated heterocycles. The minimum atomic E-state index is -0.421. The summed E-state index contributed by atoms with van der Waals surface area (Å²) in [7, 11) is 0. The summed E-state index contributed by atoms with van der Waals surface area (Å²) in [6.45, 7) is 0.280. The summed E-state index contributed by atoms with van der Waals surface area (Å²) in [6.07, 6.45) is 1.54. The number of fused-ring (bicyclic) bond motifs is 1. The first-order valence-corrected chi connectivity index (χ1v) is 9.29. The number of aromatic hydroxyl groups is 1. The lowest BCUT2D eigenvalue weighted by molar-refractivity contribution is 0.102. The molecule has 7 heteroatoms. The Morgan fingerprint density at radius 3 is 2.17 bits per heavy atom. The van der Waals surface area contributed by atoms with Gasteiger partial charge in [-0.25, -0.2) is 4.79 Å². The number of amides is 3. The molecule has 3 aromatic carbocycles. The van der Waals surface area contributed by atoms with Crippen LogP contribution < -0.4 is 16.0 Å². The third-order valence-electron chi connectivity index (χ3n) is 4.51. The monoisotopic (exact) mass is 401 g/mol. The van der Waals surface area contributed by atoms with E-state index in [9.17, 15) is 14.7 Å². The standard InChI is InChI=1S/C23H19N3O4/c27-21-13-16-5-2-1-4-15(16)12-20(21)22(28)25-17-7-9-18(10-8-17)26-23(29)24-14-19-6-3-11-30-19/h1-13,27H,14H2,(H,25,28)(H2,24,26,29). The first kappa shape index (κ1) is 19.1. The van der Waals surface area contributed by atoms with E-state index in [1.165, 1.54) is 0 Å². The van der Waals surface area contributed by atoms with Crippen LogP contribution in [0, 0.1) is 0 Å². The predicted octanol–water partition coefficient (Wildman–Crippen LogP) is 4.71. The van der Waals surface area contributed by atoms with E-state index in [-0.39, 0.29) is 23.9 Å². The largest absolute Gasteiger partial charge is 0.507 e. The number of urea groups is 1. The molecule has 0 aliphatic carbocycles. The molecule has 0 atom stereocenters. The molecule has 150 valence electrons. The maximum atomic E-state index is 12.6. The van der Waals surface area contributed by atoms with Crippen molar-refractivity contribution < 1.29 is 19.1 Å². The Bertz CT molecular complexity index is 1190. The molecular formula is C23H19N3O4. The SMILES string of the molecule is O=C(NCc1ccco1)Nc1ccc(NC(=O)c2cc3ccccc3cc2O)cc1. The number of phenolic OH excluding ortho intramolecular Hbond substituents is 1. The van der Waals surface area contributed by atoms with Gasteiger partial charge in [0.2, 0.25) is 0 Å². The highest BCUT2D eigenvalue weighted by molar-refractivity contribution is 6.08. The molecular weight excluding hydrogens is 382 g/mol. The van der Waals surface area contributed by atoms with Gasteiger partial charge in [0.15, 0.2) is 0 Å². The Morgan fingerprint density at radius 2 is 1.50 bits per heavy atom. The molecule has 30 heavy (non-hydrogen) atoms. The van der Waals surface area contributed by atoms with E-state index in [0.29, 0.717) is 17.1 Å². The summed E-state index contributed by atoms with van der Waals surface area (Å²) < 4.78 is 5.15. The predicted molar refractivity (Wildman–Crippen MR) is 115 cm³/mol. The van der Waals surface area contributed by atoms with Crippen LogP contribution in [0.1, 0.15) is 16.1 Å². The highest BCUT2D eigenvalue weighted by Gasteiger charge is 2.13. The van der Waals surface area contributed by atoms with Crippen molar-refractivity contribution in [3.8, 4) is 5.75 Å². The average molecular weight is 401 g/mol. The molecule has 0 saturated carbocycles. The smallest absolute Gasteiger partial charge is 0.319 e. The van der Waals surface area contributed by atoms with Gasteiger partial charge in [0.1, 0.15) is 11.5 Å². The molecule has 0 aliphatic rings. The fourth-order valence-corrected chi connectivity index (χ4v) is 3.00. The van der Waals surface area contributed by atoms with Crippen molar-refractivity contribution in [2.75, 3.05) is 10.6 Å². The molecule has 3 amide bonds. The van der Waals surface area contributed by atoms with Gasteiger partial charge in [-0.2, -0.15) is 0 Å². The van der Waals surface area contributed by atoms with Gasteiger partial charge in [-0.05, 0) is 59.3 Å². The maximum Gasteiger partial charge on any atom is 0.319 e. The van der Waals surface area contributed by atoms with E-state index in [2.05, 4.69) is 16.0 Å². The Balaban J connectivity index is 1.38. The third-order valence-corrected chi connectivity index (χ3v) is 4.51. The Hall–Kier alpha value is -4.26. The van der Waals surface area contributed by atoms with Crippen LogP contribution in [0.3, 0.4) is 0 Å². The maximum absolute atomic E-state index is 12.6. The van der Waals surface area contributed by atoms with Crippen LogP contribution in [0.4, 0.5) is 16.2 Å². The van der Waals surface area contributed by atoms with Crippen LogP contribution >= 0.6 is 0 Å². The second-order valence-electron chi connectivity index (χ2n) is 6.64. The summed E-state index contributed by atoms with van der Waals surface area (Å²) in [6, 6.07) is 20.5. The van der Waals surface area contributed by atoms with Gasteiger partial charge < -0.3 is 25.5 Å². The number of nitrogens with one attached hydrogen (secondary N) is 3. The van der Waals surface area contributed by atoms with E-state index in [0.717, 1.165) is 10.8 Å². The number of phenols is 1. The Kier molecular flexibility index (Phi) is 5.34. The highest BCUT2D eigenvalue weighted by atomic mass is 16.3. The first-order valence-electron chi connectivity index (χ1n) is 9.29. The van der Waals surface area contributed by atoms with E-state index in [4.69, 9.17) is 4.42 Å². The zero-order valence-electron chi connectivity index (χ0n) is 15.9. The van der Waals surface area contributed by atoms with Gasteiger partial charge in [-0.15, -0.1) is 0 Å². The van der Waals surface area contributed by atoms with Gasteiger partial charge in [-0.1, -0.05) is 24.3 Å². The minimum Gasteiger partial charge on any atom is -0.507 e. The number of carbonyl (C=O) groups excluding carboxylic acids is 2. The average Bonchev–Trinajstić information content (AvgIpc) is 3.27. The van der Waals surface area contributed by atoms with E-state index in [1.807, 2.05) is 24.3 Å². The lowest BCUT2D eigenvalue weighted by Gasteiger charge is -2.10. The van der Waals surface area contributed by atoms with Gasteiger partial charge in [0.05, 0.1) is 18.4 Å². The molecule has 4 rings (SSSR count). The van der Waals surface area contributed by atoms with Crippen molar-refractivity contribution in [3.63, 3.8) is 0 Å². The van der Waals surface area contributed by atoms with Crippen LogP contribution in [0.5, 0.6) is 5.75 Å². The number of carbonyl (C=O) groups is 2. The molecule has 0 spiro atoms.